The Balaban J connectivity index is 1.96. The number of fused-ring (bicyclic) bond motifs is 3. The van der Waals surface area contributed by atoms with Crippen molar-refractivity contribution in [3.05, 3.63) is 75.6 Å². The molecule has 9 heteroatoms. The molecular weight excluding hydrogens is 419 g/mol. The van der Waals surface area contributed by atoms with E-state index in [0.717, 1.165) is 12.1 Å². The lowest BCUT2D eigenvalue weighted by Crippen LogP contribution is -2.15. The highest BCUT2D eigenvalue weighted by Crippen LogP contribution is 2.41. The zero-order valence-corrected chi connectivity index (χ0v) is 16.4. The van der Waals surface area contributed by atoms with E-state index in [1.807, 2.05) is 0 Å². The van der Waals surface area contributed by atoms with Gasteiger partial charge in [0.05, 0.1) is 29.0 Å². The molecule has 1 unspecified atom stereocenters. The van der Waals surface area contributed by atoms with Crippen molar-refractivity contribution < 1.29 is 22.5 Å². The summed E-state index contributed by atoms with van der Waals surface area (Å²) >= 11 is 6.21. The maximum atomic E-state index is 13.0. The van der Waals surface area contributed by atoms with Gasteiger partial charge in [-0.25, -0.2) is 0 Å². The number of nitrogens with zero attached hydrogens (tertiary/aromatic N) is 2. The molecule has 0 saturated carbocycles. The van der Waals surface area contributed by atoms with E-state index in [4.69, 9.17) is 21.9 Å². The van der Waals surface area contributed by atoms with Crippen molar-refractivity contribution in [3.8, 4) is 11.1 Å². The van der Waals surface area contributed by atoms with E-state index in [-0.39, 0.29) is 6.42 Å². The Morgan fingerprint density at radius 1 is 1.17 bits per heavy atom. The van der Waals surface area contributed by atoms with Crippen LogP contribution in [0, 0.1) is 6.92 Å². The number of aliphatic imine (C=N–C) groups is 1. The van der Waals surface area contributed by atoms with Gasteiger partial charge in [0.1, 0.15) is 6.04 Å². The predicted molar refractivity (Wildman–Crippen MR) is 105 cm³/mol. The quantitative estimate of drug-likeness (QED) is 0.624. The third-order valence-electron chi connectivity index (χ3n) is 4.86. The van der Waals surface area contributed by atoms with Gasteiger partial charge < -0.3 is 10.3 Å². The minimum absolute atomic E-state index is 0.145. The number of nitrogens with two attached hydrogens (primary N) is 1. The summed E-state index contributed by atoms with van der Waals surface area (Å²) in [6.45, 7) is 1.76. The van der Waals surface area contributed by atoms with Crippen molar-refractivity contribution in [2.24, 2.45) is 10.7 Å². The van der Waals surface area contributed by atoms with Crippen molar-refractivity contribution in [3.63, 3.8) is 0 Å². The first kappa shape index (κ1) is 20.2. The molecule has 1 aromatic heterocycles. The molecule has 5 nitrogen and oxygen atoms in total. The third-order valence-corrected chi connectivity index (χ3v) is 5.10. The van der Waals surface area contributed by atoms with Gasteiger partial charge in [0, 0.05) is 16.1 Å². The highest BCUT2D eigenvalue weighted by molar-refractivity contribution is 6.31. The molecule has 0 saturated heterocycles. The molecular formula is C21H15ClF3N3O2. The zero-order chi connectivity index (χ0) is 21.6. The Kier molecular flexibility index (Phi) is 4.89. The molecule has 154 valence electrons. The van der Waals surface area contributed by atoms with Crippen molar-refractivity contribution in [2.75, 3.05) is 0 Å². The number of halogens is 4. The van der Waals surface area contributed by atoms with Gasteiger partial charge in [-0.1, -0.05) is 35.0 Å². The molecule has 0 spiro atoms. The van der Waals surface area contributed by atoms with E-state index >= 15 is 0 Å². The number of benzene rings is 2. The Morgan fingerprint density at radius 3 is 2.50 bits per heavy atom. The van der Waals surface area contributed by atoms with E-state index in [2.05, 4.69) is 10.1 Å². The van der Waals surface area contributed by atoms with E-state index in [9.17, 15) is 18.0 Å². The second kappa shape index (κ2) is 7.28. The Labute approximate surface area is 174 Å². The fourth-order valence-electron chi connectivity index (χ4n) is 3.53. The number of alkyl halides is 3. The van der Waals surface area contributed by atoms with Crippen LogP contribution in [0.2, 0.25) is 5.02 Å². The summed E-state index contributed by atoms with van der Waals surface area (Å²) in [7, 11) is 0. The molecule has 4 rings (SSSR count). The van der Waals surface area contributed by atoms with Crippen LogP contribution in [0.1, 0.15) is 40.6 Å². The predicted octanol–water partition coefficient (Wildman–Crippen LogP) is 5.09. The molecule has 3 aromatic rings. The second-order valence-corrected chi connectivity index (χ2v) is 7.37. The maximum absolute atomic E-state index is 13.0. The molecule has 2 heterocycles. The number of aromatic nitrogens is 1. The Hall–Kier alpha value is -3.13. The van der Waals surface area contributed by atoms with E-state index in [0.29, 0.717) is 44.4 Å². The molecule has 1 aliphatic rings. The lowest BCUT2D eigenvalue weighted by atomic mass is 9.92. The van der Waals surface area contributed by atoms with Gasteiger partial charge >= 0.3 is 6.18 Å². The number of primary amides is 1. The Bertz CT molecular complexity index is 1170. The summed E-state index contributed by atoms with van der Waals surface area (Å²) in [6, 6.07) is 9.01. The van der Waals surface area contributed by atoms with Gasteiger partial charge in [0.15, 0.2) is 5.76 Å². The van der Waals surface area contributed by atoms with Crippen LogP contribution in [0.4, 0.5) is 13.2 Å². The fourth-order valence-corrected chi connectivity index (χ4v) is 3.70. The highest BCUT2D eigenvalue weighted by Gasteiger charge is 2.33. The number of aryl methyl sites for hydroxylation is 1. The average Bonchev–Trinajstić information content (AvgIpc) is 2.99. The lowest BCUT2D eigenvalue weighted by Gasteiger charge is -2.13. The number of rotatable bonds is 3. The van der Waals surface area contributed by atoms with Crippen LogP contribution in [0.25, 0.3) is 11.1 Å². The van der Waals surface area contributed by atoms with Crippen LogP contribution < -0.4 is 5.73 Å². The van der Waals surface area contributed by atoms with Gasteiger partial charge in [-0.15, -0.1) is 0 Å². The molecule has 2 N–H and O–H groups in total. The standard InChI is InChI=1S/C21H15ClF3N3O2/c1-10-18-14-7-6-13(22)8-15(14)19(11-2-4-12(5-3-11)21(23,24)25)27-16(9-17(26)29)20(18)30-28-10/h2-8,16H,9H2,1H3,(H2,26,29). The third kappa shape index (κ3) is 3.59. The van der Waals surface area contributed by atoms with Crippen molar-refractivity contribution in [2.45, 2.75) is 25.6 Å². The second-order valence-electron chi connectivity index (χ2n) is 6.94. The summed E-state index contributed by atoms with van der Waals surface area (Å²) in [5.74, 6) is -0.226. The Morgan fingerprint density at radius 2 is 1.87 bits per heavy atom. The first-order valence-corrected chi connectivity index (χ1v) is 9.33. The summed E-state index contributed by atoms with van der Waals surface area (Å²) in [5.41, 5.74) is 8.02. The summed E-state index contributed by atoms with van der Waals surface area (Å²) < 4.78 is 44.4. The largest absolute Gasteiger partial charge is 0.416 e. The van der Waals surface area contributed by atoms with Gasteiger partial charge in [0.2, 0.25) is 5.91 Å². The number of amides is 1. The van der Waals surface area contributed by atoms with Gasteiger partial charge in [0.25, 0.3) is 0 Å². The van der Waals surface area contributed by atoms with Crippen LogP contribution in [-0.2, 0) is 11.0 Å². The molecule has 30 heavy (non-hydrogen) atoms. The van der Waals surface area contributed by atoms with Crippen LogP contribution in [0.15, 0.2) is 52.0 Å². The molecule has 2 aromatic carbocycles. The van der Waals surface area contributed by atoms with E-state index in [1.54, 1.807) is 25.1 Å². The SMILES string of the molecule is Cc1noc2c1-c1ccc(Cl)cc1C(c1ccc(C(F)(F)F)cc1)=NC2CC(N)=O. The maximum Gasteiger partial charge on any atom is 0.416 e. The van der Waals surface area contributed by atoms with Crippen LogP contribution in [-0.4, -0.2) is 16.8 Å². The van der Waals surface area contributed by atoms with E-state index < -0.39 is 23.7 Å². The summed E-state index contributed by atoms with van der Waals surface area (Å²) in [4.78, 5) is 16.3. The number of hydrogen-bond donors (Lipinski definition) is 1. The first-order valence-electron chi connectivity index (χ1n) is 8.95. The highest BCUT2D eigenvalue weighted by atomic mass is 35.5. The number of hydrogen-bond acceptors (Lipinski definition) is 4. The number of carbonyl (C=O) groups is 1. The number of carbonyl (C=O) groups excluding carboxylic acids is 1. The van der Waals surface area contributed by atoms with Crippen molar-refractivity contribution in [1.82, 2.24) is 5.16 Å². The van der Waals surface area contributed by atoms with E-state index in [1.165, 1.54) is 12.1 Å². The summed E-state index contributed by atoms with van der Waals surface area (Å²) in [5, 5.41) is 4.43. The van der Waals surface area contributed by atoms with Gasteiger partial charge in [-0.05, 0) is 36.8 Å². The lowest BCUT2D eigenvalue weighted by molar-refractivity contribution is -0.137. The van der Waals surface area contributed by atoms with Crippen LogP contribution in [0.5, 0.6) is 0 Å². The molecule has 1 amide bonds. The molecule has 0 radical (unpaired) electrons. The van der Waals surface area contributed by atoms with Crippen molar-refractivity contribution in [1.29, 1.82) is 0 Å². The summed E-state index contributed by atoms with van der Waals surface area (Å²) in [6.07, 6.45) is -4.60. The molecule has 1 aliphatic heterocycles. The average molecular weight is 434 g/mol. The molecule has 0 bridgehead atoms. The topological polar surface area (TPSA) is 81.5 Å². The van der Waals surface area contributed by atoms with Crippen molar-refractivity contribution >= 4 is 23.2 Å². The van der Waals surface area contributed by atoms with Gasteiger partial charge in [-0.3, -0.25) is 9.79 Å². The van der Waals surface area contributed by atoms with Crippen LogP contribution in [0.3, 0.4) is 0 Å². The first-order chi connectivity index (χ1) is 14.1. The zero-order valence-electron chi connectivity index (χ0n) is 15.6. The molecule has 1 atom stereocenters. The molecule has 0 fully saturated rings. The minimum atomic E-state index is -4.45. The van der Waals surface area contributed by atoms with Gasteiger partial charge in [-0.2, -0.15) is 13.2 Å². The smallest absolute Gasteiger partial charge is 0.370 e. The monoisotopic (exact) mass is 433 g/mol. The minimum Gasteiger partial charge on any atom is -0.370 e. The normalized spacial score (nSPS) is 15.8. The van der Waals surface area contributed by atoms with Crippen LogP contribution >= 0.6 is 11.6 Å². The molecule has 0 aliphatic carbocycles. The fraction of sp³-hybridized carbons (Fsp3) is 0.190.